The predicted molar refractivity (Wildman–Crippen MR) is 90.3 cm³/mol. The van der Waals surface area contributed by atoms with E-state index in [0.717, 1.165) is 11.6 Å². The predicted octanol–water partition coefficient (Wildman–Crippen LogP) is 1.76. The van der Waals surface area contributed by atoms with Crippen LogP contribution in [0.25, 0.3) is 0 Å². The van der Waals surface area contributed by atoms with Gasteiger partial charge in [0, 0.05) is 12.6 Å². The van der Waals surface area contributed by atoms with E-state index in [9.17, 15) is 34.6 Å². The van der Waals surface area contributed by atoms with Crippen LogP contribution in [-0.4, -0.2) is 39.0 Å². The normalized spacial score (nSPS) is 12.9. The molecule has 2 aromatic carbocycles. The highest BCUT2D eigenvalue weighted by atomic mass is 19.1. The Bertz CT molecular complexity index is 816. The fraction of sp³-hybridized carbons (Fsp3) is 0.235. The Morgan fingerprint density at radius 3 is 2.56 bits per heavy atom. The largest absolute Gasteiger partial charge is 0.500 e. The number of amides is 1. The van der Waals surface area contributed by atoms with Crippen molar-refractivity contribution in [2.45, 2.75) is 18.8 Å². The van der Waals surface area contributed by atoms with Crippen LogP contribution in [0.5, 0.6) is 5.75 Å². The molecule has 27 heavy (non-hydrogen) atoms. The second-order valence-electron chi connectivity index (χ2n) is 5.58. The second kappa shape index (κ2) is 8.92. The topological polar surface area (TPSA) is 142 Å². The highest BCUT2D eigenvalue weighted by molar-refractivity contribution is 5.67. The molecule has 4 N–H and O–H groups in total. The minimum Gasteiger partial charge on any atom is -0.500 e. The van der Waals surface area contributed by atoms with Gasteiger partial charge in [-0.15, -0.1) is 0 Å². The zero-order valence-electron chi connectivity index (χ0n) is 13.9. The molecule has 2 aromatic rings. The van der Waals surface area contributed by atoms with E-state index in [4.69, 9.17) is 4.74 Å². The van der Waals surface area contributed by atoms with Gasteiger partial charge < -0.3 is 25.4 Å². The Morgan fingerprint density at radius 2 is 1.93 bits per heavy atom. The molecule has 0 spiro atoms. The number of phenols is 1. The molecule has 1 amide bonds. The number of nitrogens with zero attached hydrogens (tertiary/aromatic N) is 1. The number of nitrogens with one attached hydrogen (secondary N) is 1. The van der Waals surface area contributed by atoms with Gasteiger partial charge in [-0.2, -0.15) is 0 Å². The number of alkyl carbamates (subject to hydrolysis) is 1. The van der Waals surface area contributed by atoms with E-state index in [1.807, 2.05) is 0 Å². The number of hydrogen-bond acceptors (Lipinski definition) is 7. The number of aliphatic hydroxyl groups excluding tert-OH is 2. The average molecular weight is 380 g/mol. The Hall–Kier alpha value is -3.24. The molecular weight excluding hydrogens is 363 g/mol. The lowest BCUT2D eigenvalue weighted by molar-refractivity contribution is -0.386. The number of carbonyl (C=O) groups is 1. The van der Waals surface area contributed by atoms with E-state index in [0.29, 0.717) is 6.07 Å². The molecule has 10 heteroatoms. The van der Waals surface area contributed by atoms with Crippen LogP contribution in [0.2, 0.25) is 0 Å². The third kappa shape index (κ3) is 5.36. The van der Waals surface area contributed by atoms with Crippen molar-refractivity contribution in [1.82, 2.24) is 5.32 Å². The third-order valence-electron chi connectivity index (χ3n) is 3.64. The van der Waals surface area contributed by atoms with Crippen LogP contribution < -0.4 is 5.32 Å². The highest BCUT2D eigenvalue weighted by Crippen LogP contribution is 2.32. The minimum absolute atomic E-state index is 0.000685. The summed E-state index contributed by atoms with van der Waals surface area (Å²) in [6, 6.07) is 10.2. The number of ether oxygens (including phenoxy) is 1. The Kier molecular flexibility index (Phi) is 6.63. The van der Waals surface area contributed by atoms with Gasteiger partial charge in [-0.25, -0.2) is 9.18 Å². The fourth-order valence-electron chi connectivity index (χ4n) is 2.21. The zero-order valence-corrected chi connectivity index (χ0v) is 13.9. The van der Waals surface area contributed by atoms with Crippen molar-refractivity contribution in [3.8, 4) is 5.75 Å². The van der Waals surface area contributed by atoms with Gasteiger partial charge >= 0.3 is 11.8 Å². The van der Waals surface area contributed by atoms with Crippen molar-refractivity contribution in [1.29, 1.82) is 0 Å². The first-order valence-electron chi connectivity index (χ1n) is 7.77. The van der Waals surface area contributed by atoms with Crippen molar-refractivity contribution < 1.29 is 34.2 Å². The number of benzene rings is 2. The summed E-state index contributed by atoms with van der Waals surface area (Å²) in [6.07, 6.45) is -4.20. The van der Waals surface area contributed by atoms with Crippen molar-refractivity contribution in [3.63, 3.8) is 0 Å². The summed E-state index contributed by atoms with van der Waals surface area (Å²) >= 11 is 0. The molecule has 9 nitrogen and oxygen atoms in total. The molecular formula is C17H17FN2O7. The van der Waals surface area contributed by atoms with Crippen molar-refractivity contribution in [2.75, 3.05) is 6.54 Å². The first-order chi connectivity index (χ1) is 12.8. The zero-order chi connectivity index (χ0) is 20.0. The molecule has 0 fully saturated rings. The molecule has 0 aromatic heterocycles. The third-order valence-corrected chi connectivity index (χ3v) is 3.64. The van der Waals surface area contributed by atoms with Crippen LogP contribution in [0.4, 0.5) is 14.9 Å². The van der Waals surface area contributed by atoms with E-state index in [-0.39, 0.29) is 12.2 Å². The number of hydrogen-bond donors (Lipinski definition) is 4. The molecule has 0 aliphatic carbocycles. The van der Waals surface area contributed by atoms with Gasteiger partial charge in [-0.1, -0.05) is 30.3 Å². The molecule has 0 heterocycles. The summed E-state index contributed by atoms with van der Waals surface area (Å²) in [5.41, 5.74) is -0.532. The number of phenolic OH excluding ortho intramolecular Hbond substituents is 1. The summed E-state index contributed by atoms with van der Waals surface area (Å²) in [4.78, 5) is 21.4. The lowest BCUT2D eigenvalue weighted by Crippen LogP contribution is -2.35. The molecule has 0 aliphatic rings. The number of aromatic hydroxyl groups is 1. The van der Waals surface area contributed by atoms with Gasteiger partial charge in [0.2, 0.25) is 5.75 Å². The molecule has 2 unspecified atom stereocenters. The van der Waals surface area contributed by atoms with Crippen LogP contribution in [-0.2, 0) is 11.3 Å². The summed E-state index contributed by atoms with van der Waals surface area (Å²) in [6.45, 7) is -0.453. The first kappa shape index (κ1) is 20.1. The Balaban J connectivity index is 1.92. The smallest absolute Gasteiger partial charge is 0.407 e. The number of nitro benzene ring substituents is 1. The number of rotatable bonds is 7. The Morgan fingerprint density at radius 1 is 1.26 bits per heavy atom. The van der Waals surface area contributed by atoms with Crippen LogP contribution in [0.1, 0.15) is 17.2 Å². The second-order valence-corrected chi connectivity index (χ2v) is 5.58. The number of halogens is 1. The molecule has 0 saturated carbocycles. The maximum Gasteiger partial charge on any atom is 0.407 e. The number of nitro groups is 1. The van der Waals surface area contributed by atoms with E-state index >= 15 is 0 Å². The van der Waals surface area contributed by atoms with Crippen LogP contribution in [0.15, 0.2) is 42.5 Å². The molecule has 0 bridgehead atoms. The maximum absolute atomic E-state index is 13.6. The van der Waals surface area contributed by atoms with Crippen LogP contribution >= 0.6 is 0 Å². The molecule has 2 rings (SSSR count). The van der Waals surface area contributed by atoms with Gasteiger partial charge in [0.05, 0.1) is 4.92 Å². The minimum atomic E-state index is -1.74. The SMILES string of the molecule is O=C(NCC(O)C(O)c1cc(F)c(O)c([N+](=O)[O-])c1)OCc1ccccc1. The van der Waals surface area contributed by atoms with E-state index < -0.39 is 47.0 Å². The van der Waals surface area contributed by atoms with Gasteiger partial charge in [0.1, 0.15) is 18.8 Å². The summed E-state index contributed by atoms with van der Waals surface area (Å²) in [5.74, 6) is -2.49. The van der Waals surface area contributed by atoms with E-state index in [1.165, 1.54) is 0 Å². The van der Waals surface area contributed by atoms with Crippen molar-refractivity contribution >= 4 is 11.8 Å². The molecule has 0 saturated heterocycles. The van der Waals surface area contributed by atoms with Gasteiger partial charge in [0.15, 0.2) is 5.82 Å². The fourth-order valence-corrected chi connectivity index (χ4v) is 2.21. The van der Waals surface area contributed by atoms with E-state index in [1.54, 1.807) is 30.3 Å². The standard InChI is InChI=1S/C17H17FN2O7/c18-12-6-11(7-13(16(12)23)20(25)26)15(22)14(21)8-19-17(24)27-9-10-4-2-1-3-5-10/h1-7,14-15,21-23H,8-9H2,(H,19,24). The number of aliphatic hydroxyl groups is 2. The lowest BCUT2D eigenvalue weighted by atomic mass is 10.0. The van der Waals surface area contributed by atoms with Gasteiger partial charge in [0.25, 0.3) is 0 Å². The monoisotopic (exact) mass is 380 g/mol. The molecule has 0 radical (unpaired) electrons. The highest BCUT2D eigenvalue weighted by Gasteiger charge is 2.26. The molecule has 0 aliphatic heterocycles. The first-order valence-corrected chi connectivity index (χ1v) is 7.77. The molecule has 144 valence electrons. The van der Waals surface area contributed by atoms with Gasteiger partial charge in [-0.05, 0) is 17.2 Å². The number of carbonyl (C=O) groups excluding carboxylic acids is 1. The quantitative estimate of drug-likeness (QED) is 0.423. The van der Waals surface area contributed by atoms with Crippen LogP contribution in [0.3, 0.4) is 0 Å². The molecule has 2 atom stereocenters. The maximum atomic E-state index is 13.6. The van der Waals surface area contributed by atoms with E-state index in [2.05, 4.69) is 5.32 Å². The Labute approximate surface area is 152 Å². The van der Waals surface area contributed by atoms with Crippen molar-refractivity contribution in [2.24, 2.45) is 0 Å². The van der Waals surface area contributed by atoms with Crippen molar-refractivity contribution in [3.05, 3.63) is 69.5 Å². The average Bonchev–Trinajstić information content (AvgIpc) is 2.66. The lowest BCUT2D eigenvalue weighted by Gasteiger charge is -2.19. The summed E-state index contributed by atoms with van der Waals surface area (Å²) in [7, 11) is 0. The summed E-state index contributed by atoms with van der Waals surface area (Å²) in [5, 5.41) is 42.2. The summed E-state index contributed by atoms with van der Waals surface area (Å²) < 4.78 is 18.5. The van der Waals surface area contributed by atoms with Crippen LogP contribution in [0, 0.1) is 15.9 Å². The van der Waals surface area contributed by atoms with Gasteiger partial charge in [-0.3, -0.25) is 10.1 Å².